The van der Waals surface area contributed by atoms with Gasteiger partial charge in [-0.3, -0.25) is 4.79 Å². The van der Waals surface area contributed by atoms with Crippen molar-refractivity contribution < 1.29 is 53.0 Å². The first kappa shape index (κ1) is 34.5. The number of carbonyl (C=O) groups excluding carboxylic acids is 1. The number of nitrogens with one attached hydrogen (secondary N) is 1. The van der Waals surface area contributed by atoms with Gasteiger partial charge in [-0.2, -0.15) is 0 Å². The van der Waals surface area contributed by atoms with Gasteiger partial charge in [0, 0.05) is 24.2 Å². The van der Waals surface area contributed by atoms with E-state index >= 15 is 0 Å². The van der Waals surface area contributed by atoms with Crippen LogP contribution in [0.1, 0.15) is 57.3 Å². The van der Waals surface area contributed by atoms with Crippen LogP contribution in [0, 0.1) is 11.3 Å². The fraction of sp³-hybridized carbons (Fsp3) is 0.500. The van der Waals surface area contributed by atoms with E-state index in [1.807, 2.05) is 4.72 Å². The monoisotopic (exact) mass is 679 g/mol. The maximum atomic E-state index is 14.6. The molecule has 1 saturated carbocycles. The molecule has 1 aliphatic heterocycles. The molecule has 1 aromatic carbocycles. The first-order chi connectivity index (χ1) is 21.6. The molecular weight excluding hydrogens is 641 g/mol. The van der Waals surface area contributed by atoms with E-state index in [0.29, 0.717) is 6.42 Å². The van der Waals surface area contributed by atoms with Gasteiger partial charge < -0.3 is 40.3 Å². The van der Waals surface area contributed by atoms with Crippen LogP contribution < -0.4 is 14.4 Å². The summed E-state index contributed by atoms with van der Waals surface area (Å²) in [5.74, 6) is -9.97. The number of benzene rings is 1. The fourth-order valence-electron chi connectivity index (χ4n) is 5.87. The number of phenolic OH excluding ortho intramolecular Hbond substituents is 1. The number of anilines is 1. The van der Waals surface area contributed by atoms with Gasteiger partial charge in [0.05, 0.1) is 22.6 Å². The summed E-state index contributed by atoms with van der Waals surface area (Å²) in [5, 5.41) is 65.6. The number of aliphatic hydroxyl groups is 5. The largest absolute Gasteiger partial charge is 0.508 e. The van der Waals surface area contributed by atoms with Gasteiger partial charge in [-0.25, -0.2) is 27.2 Å². The van der Waals surface area contributed by atoms with E-state index in [0.717, 1.165) is 42.0 Å². The second-order valence-electron chi connectivity index (χ2n) is 13.1. The molecule has 3 aromatic rings. The van der Waals surface area contributed by atoms with Crippen LogP contribution in [-0.4, -0.2) is 95.8 Å². The van der Waals surface area contributed by atoms with Crippen LogP contribution in [0.4, 0.5) is 10.2 Å². The highest BCUT2D eigenvalue weighted by atomic mass is 32.2. The zero-order chi connectivity index (χ0) is 34.8. The molecule has 17 heteroatoms. The number of aromatic nitrogens is 3. The second-order valence-corrected chi connectivity index (χ2v) is 14.7. The minimum Gasteiger partial charge on any atom is -0.508 e. The van der Waals surface area contributed by atoms with Crippen molar-refractivity contribution in [2.24, 2.45) is 11.3 Å². The number of halogens is 1. The van der Waals surface area contributed by atoms with Crippen molar-refractivity contribution in [1.82, 2.24) is 19.5 Å². The van der Waals surface area contributed by atoms with E-state index in [4.69, 9.17) is 4.74 Å². The van der Waals surface area contributed by atoms with Crippen LogP contribution >= 0.6 is 0 Å². The van der Waals surface area contributed by atoms with E-state index in [1.54, 1.807) is 13.8 Å². The highest BCUT2D eigenvalue weighted by Gasteiger charge is 2.65. The summed E-state index contributed by atoms with van der Waals surface area (Å²) in [6.45, 7) is 5.22. The molecule has 7 N–H and O–H groups in total. The van der Waals surface area contributed by atoms with E-state index in [2.05, 4.69) is 10.1 Å². The van der Waals surface area contributed by atoms with E-state index in [-0.39, 0.29) is 40.3 Å². The maximum absolute atomic E-state index is 14.6. The molecule has 256 valence electrons. The lowest BCUT2D eigenvalue weighted by molar-refractivity contribution is -0.386. The highest BCUT2D eigenvalue weighted by Crippen LogP contribution is 2.58. The molecule has 2 aliphatic rings. The Hall–Kier alpha value is -3.87. The van der Waals surface area contributed by atoms with Crippen molar-refractivity contribution in [2.45, 2.75) is 74.8 Å². The predicted molar refractivity (Wildman–Crippen MR) is 163 cm³/mol. The Morgan fingerprint density at radius 1 is 1.09 bits per heavy atom. The van der Waals surface area contributed by atoms with Crippen molar-refractivity contribution in [2.75, 3.05) is 18.1 Å². The normalized spacial score (nSPS) is 20.2. The van der Waals surface area contributed by atoms with Gasteiger partial charge in [0.1, 0.15) is 23.2 Å². The number of amides is 1. The number of nitrogens with zero attached hydrogens (tertiary/aromatic N) is 4. The quantitative estimate of drug-likeness (QED) is 0.140. The van der Waals surface area contributed by atoms with Gasteiger partial charge in [0.2, 0.25) is 5.88 Å². The Kier molecular flexibility index (Phi) is 8.35. The molecule has 1 saturated heterocycles. The first-order valence-electron chi connectivity index (χ1n) is 14.7. The standard InChI is InChI=1S/C30H38FN5O10S/c1-26(2,31)28(12-13-28)14-16-46-23-11-15-36(33-23)22-10-9-20(25(38)34-47(44,45)19-7-5-18(37)6-8-19)24(32-22)35-17-21(30(41,42)43)29(39,40)27(35,3)4/h5-11,15,21,37,39-43H,12-14,16-17H2,1-4H3,(H,34,38)/t21-/m1/s1. The van der Waals surface area contributed by atoms with Crippen molar-refractivity contribution in [1.29, 1.82) is 0 Å². The van der Waals surface area contributed by atoms with Crippen LogP contribution in [0.15, 0.2) is 53.6 Å². The van der Waals surface area contributed by atoms with E-state index in [9.17, 15) is 48.2 Å². The number of pyridine rings is 1. The molecule has 15 nitrogen and oxygen atoms in total. The number of phenols is 1. The molecular formula is C30H38FN5O10S. The zero-order valence-electron chi connectivity index (χ0n) is 26.1. The number of hydrogen-bond acceptors (Lipinski definition) is 13. The number of carbonyl (C=O) groups is 1. The summed E-state index contributed by atoms with van der Waals surface area (Å²) in [7, 11) is -4.47. The molecule has 2 fully saturated rings. The molecule has 5 rings (SSSR count). The lowest BCUT2D eigenvalue weighted by Crippen LogP contribution is -2.60. The summed E-state index contributed by atoms with van der Waals surface area (Å²) in [4.78, 5) is 18.8. The first-order valence-corrected chi connectivity index (χ1v) is 16.2. The minimum atomic E-state index is -4.47. The average Bonchev–Trinajstić information content (AvgIpc) is 3.56. The van der Waals surface area contributed by atoms with Crippen LogP contribution in [0.5, 0.6) is 11.6 Å². The number of sulfonamides is 1. The molecule has 3 heterocycles. The summed E-state index contributed by atoms with van der Waals surface area (Å²) in [5.41, 5.74) is -4.01. The Labute approximate surface area is 269 Å². The van der Waals surface area contributed by atoms with Crippen molar-refractivity contribution in [3.8, 4) is 17.4 Å². The molecule has 1 aliphatic carbocycles. The van der Waals surface area contributed by atoms with Crippen LogP contribution in [0.3, 0.4) is 0 Å². The minimum absolute atomic E-state index is 0.0698. The molecule has 1 amide bonds. The molecule has 1 atom stereocenters. The van der Waals surface area contributed by atoms with Crippen molar-refractivity contribution >= 4 is 21.7 Å². The number of aromatic hydroxyl groups is 1. The van der Waals surface area contributed by atoms with Gasteiger partial charge in [-0.1, -0.05) is 0 Å². The third-order valence-electron chi connectivity index (χ3n) is 9.37. The Morgan fingerprint density at radius 2 is 1.72 bits per heavy atom. The van der Waals surface area contributed by atoms with Gasteiger partial charge in [0.25, 0.3) is 21.9 Å². The molecule has 2 aromatic heterocycles. The Bertz CT molecular complexity index is 1760. The smallest absolute Gasteiger partial charge is 0.285 e. The Morgan fingerprint density at radius 3 is 2.28 bits per heavy atom. The third-order valence-corrected chi connectivity index (χ3v) is 10.7. The SMILES string of the molecule is CC(C)(F)C1(CCOc2ccn(-c3ccc(C(=O)NS(=O)(=O)c4ccc(O)cc4)c(N4C[C@@H](C(O)(O)O)C(O)(O)C4(C)C)n3)n2)CC1. The summed E-state index contributed by atoms with van der Waals surface area (Å²) >= 11 is 0. The summed E-state index contributed by atoms with van der Waals surface area (Å²) in [6.07, 6.45) is 3.50. The third kappa shape index (κ3) is 6.38. The second kappa shape index (κ2) is 11.4. The van der Waals surface area contributed by atoms with Crippen molar-refractivity contribution in [3.05, 3.63) is 54.2 Å². The van der Waals surface area contributed by atoms with Crippen LogP contribution in [0.2, 0.25) is 0 Å². The van der Waals surface area contributed by atoms with Crippen LogP contribution in [0.25, 0.3) is 5.82 Å². The summed E-state index contributed by atoms with van der Waals surface area (Å²) in [6, 6.07) is 8.49. The fourth-order valence-corrected chi connectivity index (χ4v) is 6.84. The molecule has 0 radical (unpaired) electrons. The maximum Gasteiger partial charge on any atom is 0.285 e. The molecule has 47 heavy (non-hydrogen) atoms. The van der Waals surface area contributed by atoms with Gasteiger partial charge in [0.15, 0.2) is 11.6 Å². The zero-order valence-corrected chi connectivity index (χ0v) is 26.9. The predicted octanol–water partition coefficient (Wildman–Crippen LogP) is 0.915. The number of ether oxygens (including phenoxy) is 1. The topological polar surface area (TPSA) is 228 Å². The lowest BCUT2D eigenvalue weighted by Gasteiger charge is -2.40. The molecule has 0 spiro atoms. The molecule has 0 bridgehead atoms. The number of hydrogen-bond donors (Lipinski definition) is 7. The van der Waals surface area contributed by atoms with E-state index < -0.39 is 56.8 Å². The van der Waals surface area contributed by atoms with Gasteiger partial charge in [-0.15, -0.1) is 5.10 Å². The lowest BCUT2D eigenvalue weighted by atomic mass is 9.86. The van der Waals surface area contributed by atoms with Crippen molar-refractivity contribution in [3.63, 3.8) is 0 Å². The molecule has 0 unspecified atom stereocenters. The highest BCUT2D eigenvalue weighted by molar-refractivity contribution is 7.90. The number of rotatable bonds is 11. The van der Waals surface area contributed by atoms with Crippen LogP contribution in [-0.2, 0) is 10.0 Å². The van der Waals surface area contributed by atoms with E-state index in [1.165, 1.54) is 42.9 Å². The average molecular weight is 680 g/mol. The van der Waals surface area contributed by atoms with Gasteiger partial charge >= 0.3 is 0 Å². The number of alkyl halides is 1. The summed E-state index contributed by atoms with van der Waals surface area (Å²) < 4.78 is 49.5. The van der Waals surface area contributed by atoms with Gasteiger partial charge in [-0.05, 0) is 83.4 Å². The Balaban J connectivity index is 1.49.